The summed E-state index contributed by atoms with van der Waals surface area (Å²) >= 11 is 5.86. The van der Waals surface area contributed by atoms with Gasteiger partial charge in [-0.15, -0.1) is 0 Å². The maximum atomic E-state index is 11.8. The highest BCUT2D eigenvalue weighted by molar-refractivity contribution is 6.33. The van der Waals surface area contributed by atoms with Crippen LogP contribution in [0, 0.1) is 10.1 Å². The summed E-state index contributed by atoms with van der Waals surface area (Å²) in [6.45, 7) is 0. The second-order valence-corrected chi connectivity index (χ2v) is 4.43. The lowest BCUT2D eigenvalue weighted by atomic mass is 9.93. The van der Waals surface area contributed by atoms with E-state index in [1.807, 2.05) is 0 Å². The molecule has 0 radical (unpaired) electrons. The fourth-order valence-electron chi connectivity index (χ4n) is 1.62. The molecule has 1 amide bonds. The third-order valence-electron chi connectivity index (χ3n) is 2.85. The monoisotopic (exact) mass is 254 g/mol. The fraction of sp³-hybridized carbons (Fsp3) is 0.364. The molecule has 0 spiro atoms. The van der Waals surface area contributed by atoms with Crippen molar-refractivity contribution in [3.8, 4) is 0 Å². The second kappa shape index (κ2) is 4.71. The Labute approximate surface area is 103 Å². The van der Waals surface area contributed by atoms with Gasteiger partial charge in [-0.1, -0.05) is 11.6 Å². The number of amides is 1. The first-order valence-electron chi connectivity index (χ1n) is 5.33. The first-order chi connectivity index (χ1) is 8.08. The molecular weight excluding hydrogens is 244 g/mol. The summed E-state index contributed by atoms with van der Waals surface area (Å²) in [6.07, 6.45) is 3.02. The first kappa shape index (κ1) is 11.9. The Morgan fingerprint density at radius 3 is 2.71 bits per heavy atom. The SMILES string of the molecule is O=C(NC1CCC1)c1cc([N+](=O)[O-])ccc1Cl. The minimum absolute atomic E-state index is 0.131. The lowest BCUT2D eigenvalue weighted by Crippen LogP contribution is -2.39. The molecule has 0 aromatic heterocycles. The molecule has 0 aliphatic heterocycles. The number of carbonyl (C=O) groups is 1. The maximum Gasteiger partial charge on any atom is 0.270 e. The summed E-state index contributed by atoms with van der Waals surface area (Å²) < 4.78 is 0. The van der Waals surface area contributed by atoms with Crippen LogP contribution in [0.4, 0.5) is 5.69 Å². The van der Waals surface area contributed by atoms with Gasteiger partial charge in [0.05, 0.1) is 15.5 Å². The smallest absolute Gasteiger partial charge is 0.270 e. The molecule has 1 fully saturated rings. The maximum absolute atomic E-state index is 11.8. The zero-order valence-electron chi connectivity index (χ0n) is 8.98. The van der Waals surface area contributed by atoms with Crippen LogP contribution >= 0.6 is 11.6 Å². The molecule has 0 atom stereocenters. The molecule has 2 rings (SSSR count). The van der Waals surface area contributed by atoms with Gasteiger partial charge in [0.25, 0.3) is 11.6 Å². The zero-order chi connectivity index (χ0) is 12.4. The fourth-order valence-corrected chi connectivity index (χ4v) is 1.82. The van der Waals surface area contributed by atoms with Gasteiger partial charge in [0.2, 0.25) is 0 Å². The number of nitro benzene ring substituents is 1. The Morgan fingerprint density at radius 2 is 2.18 bits per heavy atom. The van der Waals surface area contributed by atoms with Crippen molar-refractivity contribution in [2.24, 2.45) is 0 Å². The third kappa shape index (κ3) is 2.55. The van der Waals surface area contributed by atoms with Crippen molar-refractivity contribution in [2.75, 3.05) is 0 Å². The number of hydrogen-bond donors (Lipinski definition) is 1. The molecule has 17 heavy (non-hydrogen) atoms. The summed E-state index contributed by atoms with van der Waals surface area (Å²) in [4.78, 5) is 21.9. The Morgan fingerprint density at radius 1 is 1.47 bits per heavy atom. The van der Waals surface area contributed by atoms with E-state index in [4.69, 9.17) is 11.6 Å². The first-order valence-corrected chi connectivity index (χ1v) is 5.70. The van der Waals surface area contributed by atoms with E-state index in [-0.39, 0.29) is 28.2 Å². The molecule has 1 aromatic carbocycles. The van der Waals surface area contributed by atoms with Gasteiger partial charge in [-0.25, -0.2) is 0 Å². The quantitative estimate of drug-likeness (QED) is 0.665. The molecule has 6 heteroatoms. The number of rotatable bonds is 3. The van der Waals surface area contributed by atoms with E-state index < -0.39 is 4.92 Å². The average molecular weight is 255 g/mol. The number of non-ortho nitro benzene ring substituents is 1. The van der Waals surface area contributed by atoms with Crippen molar-refractivity contribution in [1.82, 2.24) is 5.32 Å². The molecule has 1 N–H and O–H groups in total. The summed E-state index contributed by atoms with van der Waals surface area (Å²) in [5.41, 5.74) is 0.0286. The predicted octanol–water partition coefficient (Wildman–Crippen LogP) is 2.53. The second-order valence-electron chi connectivity index (χ2n) is 4.02. The van der Waals surface area contributed by atoms with Crippen LogP contribution < -0.4 is 5.32 Å². The molecule has 1 aliphatic rings. The van der Waals surface area contributed by atoms with Crippen molar-refractivity contribution in [3.05, 3.63) is 38.9 Å². The Hall–Kier alpha value is -1.62. The minimum Gasteiger partial charge on any atom is -0.349 e. The van der Waals surface area contributed by atoms with Gasteiger partial charge < -0.3 is 5.32 Å². The molecule has 0 saturated heterocycles. The topological polar surface area (TPSA) is 72.2 Å². The number of halogens is 1. The van der Waals surface area contributed by atoms with E-state index in [1.54, 1.807) is 0 Å². The van der Waals surface area contributed by atoms with Gasteiger partial charge in [-0.2, -0.15) is 0 Å². The van der Waals surface area contributed by atoms with Gasteiger partial charge in [0, 0.05) is 18.2 Å². The lowest BCUT2D eigenvalue weighted by Gasteiger charge is -2.26. The summed E-state index contributed by atoms with van der Waals surface area (Å²) in [6, 6.07) is 4.03. The van der Waals surface area contributed by atoms with Crippen LogP contribution in [-0.2, 0) is 0 Å². The van der Waals surface area contributed by atoms with E-state index in [1.165, 1.54) is 18.2 Å². The number of carbonyl (C=O) groups excluding carboxylic acids is 1. The van der Waals surface area contributed by atoms with Gasteiger partial charge in [0.1, 0.15) is 0 Å². The Balaban J connectivity index is 2.20. The van der Waals surface area contributed by atoms with Crippen LogP contribution in [0.25, 0.3) is 0 Å². The van der Waals surface area contributed by atoms with Crippen molar-refractivity contribution in [3.63, 3.8) is 0 Å². The zero-order valence-corrected chi connectivity index (χ0v) is 9.74. The molecule has 1 aliphatic carbocycles. The average Bonchev–Trinajstić information content (AvgIpc) is 2.23. The van der Waals surface area contributed by atoms with E-state index in [9.17, 15) is 14.9 Å². The summed E-state index contributed by atoms with van der Waals surface area (Å²) in [5.74, 6) is -0.344. The number of nitrogens with zero attached hydrogens (tertiary/aromatic N) is 1. The number of benzene rings is 1. The van der Waals surface area contributed by atoms with Crippen LogP contribution in [0.15, 0.2) is 18.2 Å². The number of nitro groups is 1. The normalized spacial score (nSPS) is 15.1. The van der Waals surface area contributed by atoms with Gasteiger partial charge in [-0.05, 0) is 25.3 Å². The van der Waals surface area contributed by atoms with Gasteiger partial charge in [-0.3, -0.25) is 14.9 Å². The van der Waals surface area contributed by atoms with Crippen molar-refractivity contribution in [2.45, 2.75) is 25.3 Å². The van der Waals surface area contributed by atoms with Crippen LogP contribution in [0.5, 0.6) is 0 Å². The molecule has 0 heterocycles. The highest BCUT2D eigenvalue weighted by Gasteiger charge is 2.22. The van der Waals surface area contributed by atoms with Crippen molar-refractivity contribution >= 4 is 23.2 Å². The van der Waals surface area contributed by atoms with E-state index in [2.05, 4.69) is 5.32 Å². The van der Waals surface area contributed by atoms with Crippen molar-refractivity contribution < 1.29 is 9.72 Å². The number of nitrogens with one attached hydrogen (secondary N) is 1. The molecule has 0 bridgehead atoms. The largest absolute Gasteiger partial charge is 0.349 e. The highest BCUT2D eigenvalue weighted by atomic mass is 35.5. The number of hydrogen-bond acceptors (Lipinski definition) is 3. The van der Waals surface area contributed by atoms with Crippen LogP contribution in [0.2, 0.25) is 5.02 Å². The summed E-state index contributed by atoms with van der Waals surface area (Å²) in [5, 5.41) is 13.6. The molecular formula is C11H11ClN2O3. The van der Waals surface area contributed by atoms with Crippen LogP contribution in [0.3, 0.4) is 0 Å². The lowest BCUT2D eigenvalue weighted by molar-refractivity contribution is -0.384. The van der Waals surface area contributed by atoms with Crippen LogP contribution in [0.1, 0.15) is 29.6 Å². The highest BCUT2D eigenvalue weighted by Crippen LogP contribution is 2.24. The summed E-state index contributed by atoms with van der Waals surface area (Å²) in [7, 11) is 0. The molecule has 1 aromatic rings. The third-order valence-corrected chi connectivity index (χ3v) is 3.18. The van der Waals surface area contributed by atoms with Gasteiger partial charge in [0.15, 0.2) is 0 Å². The molecule has 0 unspecified atom stereocenters. The van der Waals surface area contributed by atoms with Crippen molar-refractivity contribution in [1.29, 1.82) is 0 Å². The van der Waals surface area contributed by atoms with Crippen LogP contribution in [-0.4, -0.2) is 16.9 Å². The van der Waals surface area contributed by atoms with E-state index in [0.29, 0.717) is 0 Å². The van der Waals surface area contributed by atoms with E-state index in [0.717, 1.165) is 19.3 Å². The Kier molecular flexibility index (Phi) is 3.28. The molecule has 1 saturated carbocycles. The van der Waals surface area contributed by atoms with E-state index >= 15 is 0 Å². The molecule has 90 valence electrons. The van der Waals surface area contributed by atoms with Gasteiger partial charge >= 0.3 is 0 Å². The molecule has 5 nitrogen and oxygen atoms in total. The Bertz CT molecular complexity index is 472. The standard InChI is InChI=1S/C11H11ClN2O3/c12-10-5-4-8(14(16)17)6-9(10)11(15)13-7-2-1-3-7/h4-7H,1-3H2,(H,13,15). The predicted molar refractivity (Wildman–Crippen MR) is 63.2 cm³/mol. The minimum atomic E-state index is -0.545.